The predicted octanol–water partition coefficient (Wildman–Crippen LogP) is 4.99. The summed E-state index contributed by atoms with van der Waals surface area (Å²) >= 11 is 0. The fourth-order valence-electron chi connectivity index (χ4n) is 4.34. The summed E-state index contributed by atoms with van der Waals surface area (Å²) in [6, 6.07) is 33.6. The molecular weight excluding hydrogens is 464 g/mol. The lowest BCUT2D eigenvalue weighted by Gasteiger charge is -2.36. The van der Waals surface area contributed by atoms with E-state index in [2.05, 4.69) is 5.43 Å². The van der Waals surface area contributed by atoms with Gasteiger partial charge in [0.25, 0.3) is 5.91 Å². The van der Waals surface area contributed by atoms with Crippen LogP contribution in [0, 0.1) is 0 Å². The Balaban J connectivity index is 1.77. The molecule has 0 saturated carbocycles. The summed E-state index contributed by atoms with van der Waals surface area (Å²) in [5.41, 5.74) is 3.07. The Bertz CT molecular complexity index is 1270. The topological polar surface area (TPSA) is 78.9 Å². The maximum atomic E-state index is 13.9. The van der Waals surface area contributed by atoms with Gasteiger partial charge in [0, 0.05) is 6.92 Å². The van der Waals surface area contributed by atoms with Gasteiger partial charge in [-0.1, -0.05) is 103 Å². The first kappa shape index (κ1) is 25.7. The van der Waals surface area contributed by atoms with Crippen LogP contribution in [0.25, 0.3) is 0 Å². The molecule has 4 aromatic rings. The zero-order chi connectivity index (χ0) is 26.3. The number of benzene rings is 4. The Morgan fingerprint density at radius 3 is 1.70 bits per heavy atom. The van der Waals surface area contributed by atoms with Gasteiger partial charge in [-0.2, -0.15) is 0 Å². The lowest BCUT2D eigenvalue weighted by molar-refractivity contribution is -0.150. The Morgan fingerprint density at radius 1 is 0.784 bits per heavy atom. The highest BCUT2D eigenvalue weighted by atomic mass is 16.5. The summed E-state index contributed by atoms with van der Waals surface area (Å²) in [5, 5.41) is 13.2. The molecule has 0 saturated heterocycles. The van der Waals surface area contributed by atoms with Crippen LogP contribution in [0.5, 0.6) is 5.75 Å². The van der Waals surface area contributed by atoms with E-state index in [-0.39, 0.29) is 5.91 Å². The molecule has 37 heavy (non-hydrogen) atoms. The second-order valence-electron chi connectivity index (χ2n) is 8.59. The van der Waals surface area contributed by atoms with Crippen molar-refractivity contribution in [3.63, 3.8) is 0 Å². The molecule has 6 heteroatoms. The summed E-state index contributed by atoms with van der Waals surface area (Å²) in [4.78, 5) is 27.0. The monoisotopic (exact) mass is 494 g/mol. The molecule has 0 fully saturated rings. The SMILES string of the molecule is CCOc1ccc([C@H](c2ccccc2)N(NC(=O)C(O)(c2ccccc2)c2ccccc2)C(C)=O)cc1. The molecule has 4 rings (SSSR count). The number of hydrogen-bond donors (Lipinski definition) is 2. The van der Waals surface area contributed by atoms with E-state index in [9.17, 15) is 14.7 Å². The van der Waals surface area contributed by atoms with Crippen LogP contribution in [-0.4, -0.2) is 28.5 Å². The molecule has 0 radical (unpaired) electrons. The van der Waals surface area contributed by atoms with Crippen molar-refractivity contribution in [2.75, 3.05) is 6.61 Å². The minimum Gasteiger partial charge on any atom is -0.494 e. The maximum Gasteiger partial charge on any atom is 0.279 e. The Hall–Kier alpha value is -4.42. The molecule has 2 N–H and O–H groups in total. The molecule has 0 heterocycles. The van der Waals surface area contributed by atoms with Gasteiger partial charge in [0.1, 0.15) is 11.8 Å². The van der Waals surface area contributed by atoms with Crippen LogP contribution in [-0.2, 0) is 15.2 Å². The van der Waals surface area contributed by atoms with Gasteiger partial charge in [-0.3, -0.25) is 15.0 Å². The molecule has 2 amide bonds. The lowest BCUT2D eigenvalue weighted by atomic mass is 9.85. The van der Waals surface area contributed by atoms with E-state index in [0.717, 1.165) is 11.1 Å². The fourth-order valence-corrected chi connectivity index (χ4v) is 4.34. The zero-order valence-electron chi connectivity index (χ0n) is 20.9. The fraction of sp³-hybridized carbons (Fsp3) is 0.161. The van der Waals surface area contributed by atoms with Gasteiger partial charge < -0.3 is 9.84 Å². The summed E-state index contributed by atoms with van der Waals surface area (Å²) < 4.78 is 5.58. The van der Waals surface area contributed by atoms with Crippen molar-refractivity contribution in [3.05, 3.63) is 138 Å². The first-order valence-corrected chi connectivity index (χ1v) is 12.2. The standard InChI is InChI=1S/C31H30N2O4/c1-3-37-28-21-19-25(20-22-28)29(24-13-7-4-8-14-24)33(23(2)34)32-30(35)31(36,26-15-9-5-10-16-26)27-17-11-6-12-18-27/h4-22,29,36H,3H2,1-2H3,(H,32,35)/t29-/m0/s1. The molecule has 188 valence electrons. The third-order valence-corrected chi connectivity index (χ3v) is 6.15. The lowest BCUT2D eigenvalue weighted by Crippen LogP contribution is -2.55. The van der Waals surface area contributed by atoms with Gasteiger partial charge >= 0.3 is 0 Å². The summed E-state index contributed by atoms with van der Waals surface area (Å²) in [7, 11) is 0. The van der Waals surface area contributed by atoms with Crippen molar-refractivity contribution >= 4 is 11.8 Å². The van der Waals surface area contributed by atoms with Crippen molar-refractivity contribution in [1.82, 2.24) is 10.4 Å². The molecule has 6 nitrogen and oxygen atoms in total. The smallest absolute Gasteiger partial charge is 0.279 e. The van der Waals surface area contributed by atoms with Crippen molar-refractivity contribution in [3.8, 4) is 5.75 Å². The first-order chi connectivity index (χ1) is 17.9. The van der Waals surface area contributed by atoms with E-state index in [0.29, 0.717) is 23.5 Å². The van der Waals surface area contributed by atoms with E-state index in [1.807, 2.05) is 73.7 Å². The highest BCUT2D eigenvalue weighted by Gasteiger charge is 2.42. The number of carbonyl (C=O) groups is 2. The van der Waals surface area contributed by atoms with E-state index in [1.165, 1.54) is 11.9 Å². The molecule has 0 aliphatic rings. The van der Waals surface area contributed by atoms with Crippen LogP contribution >= 0.6 is 0 Å². The van der Waals surface area contributed by atoms with Gasteiger partial charge in [0.2, 0.25) is 5.91 Å². The second kappa shape index (κ2) is 11.5. The molecule has 0 bridgehead atoms. The molecule has 4 aromatic carbocycles. The van der Waals surface area contributed by atoms with Crippen LogP contribution in [0.3, 0.4) is 0 Å². The van der Waals surface area contributed by atoms with E-state index < -0.39 is 17.6 Å². The quantitative estimate of drug-likeness (QED) is 0.338. The van der Waals surface area contributed by atoms with E-state index in [1.54, 1.807) is 48.5 Å². The van der Waals surface area contributed by atoms with Crippen molar-refractivity contribution < 1.29 is 19.4 Å². The first-order valence-electron chi connectivity index (χ1n) is 12.2. The number of carbonyl (C=O) groups excluding carboxylic acids is 2. The minimum atomic E-state index is -2.03. The summed E-state index contributed by atoms with van der Waals surface area (Å²) in [5.74, 6) is -0.425. The van der Waals surface area contributed by atoms with E-state index >= 15 is 0 Å². The summed E-state index contributed by atoms with van der Waals surface area (Å²) in [6.45, 7) is 3.83. The van der Waals surface area contributed by atoms with Crippen LogP contribution in [0.1, 0.15) is 42.1 Å². The molecule has 0 aliphatic heterocycles. The van der Waals surface area contributed by atoms with Crippen molar-refractivity contribution in [2.24, 2.45) is 0 Å². The number of nitrogens with one attached hydrogen (secondary N) is 1. The number of amides is 2. The van der Waals surface area contributed by atoms with Crippen molar-refractivity contribution in [1.29, 1.82) is 0 Å². The third kappa shape index (κ3) is 5.55. The average Bonchev–Trinajstić information content (AvgIpc) is 2.94. The number of aliphatic hydroxyl groups is 1. The molecule has 1 atom stereocenters. The number of nitrogens with zero attached hydrogens (tertiary/aromatic N) is 1. The predicted molar refractivity (Wildman–Crippen MR) is 142 cm³/mol. The molecule has 0 aromatic heterocycles. The molecular formula is C31H30N2O4. The minimum absolute atomic E-state index is 0.388. The molecule has 0 aliphatic carbocycles. The normalized spacial score (nSPS) is 11.9. The van der Waals surface area contributed by atoms with E-state index in [4.69, 9.17) is 4.74 Å². The van der Waals surface area contributed by atoms with Crippen LogP contribution < -0.4 is 10.2 Å². The number of hydrazine groups is 1. The Labute approximate surface area is 217 Å². The highest BCUT2D eigenvalue weighted by Crippen LogP contribution is 2.33. The average molecular weight is 495 g/mol. The zero-order valence-corrected chi connectivity index (χ0v) is 20.9. The Kier molecular flexibility index (Phi) is 8.01. The van der Waals surface area contributed by atoms with Gasteiger partial charge in [-0.25, -0.2) is 5.01 Å². The number of hydrogen-bond acceptors (Lipinski definition) is 4. The van der Waals surface area contributed by atoms with Crippen LogP contribution in [0.4, 0.5) is 0 Å². The van der Waals surface area contributed by atoms with Gasteiger partial charge in [-0.15, -0.1) is 0 Å². The second-order valence-corrected chi connectivity index (χ2v) is 8.59. The molecule has 0 unspecified atom stereocenters. The Morgan fingerprint density at radius 2 is 1.24 bits per heavy atom. The molecule has 0 spiro atoms. The van der Waals surface area contributed by atoms with Crippen LogP contribution in [0.2, 0.25) is 0 Å². The number of ether oxygens (including phenoxy) is 1. The highest BCUT2D eigenvalue weighted by molar-refractivity contribution is 5.91. The van der Waals surface area contributed by atoms with Gasteiger partial charge in [0.05, 0.1) is 6.61 Å². The largest absolute Gasteiger partial charge is 0.494 e. The maximum absolute atomic E-state index is 13.9. The third-order valence-electron chi connectivity index (χ3n) is 6.15. The van der Waals surface area contributed by atoms with Gasteiger partial charge in [0.15, 0.2) is 5.60 Å². The number of rotatable bonds is 8. The van der Waals surface area contributed by atoms with Crippen LogP contribution in [0.15, 0.2) is 115 Å². The summed E-state index contributed by atoms with van der Waals surface area (Å²) in [6.07, 6.45) is 0. The van der Waals surface area contributed by atoms with Gasteiger partial charge in [-0.05, 0) is 41.3 Å². The van der Waals surface area contributed by atoms with Crippen molar-refractivity contribution in [2.45, 2.75) is 25.5 Å².